The second kappa shape index (κ2) is 5.07. The van der Waals surface area contributed by atoms with E-state index in [1.807, 2.05) is 32.5 Å². The van der Waals surface area contributed by atoms with Crippen molar-refractivity contribution in [3.05, 3.63) is 0 Å². The molecular formula is C10H20N2O2S. The Hall–Kier alpha value is -0.420. The lowest BCUT2D eigenvalue weighted by atomic mass is 10.1. The van der Waals surface area contributed by atoms with Crippen molar-refractivity contribution in [3.8, 4) is 0 Å². The molecule has 0 aromatic rings. The highest BCUT2D eigenvalue weighted by Gasteiger charge is 2.25. The Kier molecular flexibility index (Phi) is 4.28. The molecule has 4 nitrogen and oxygen atoms in total. The molecule has 1 saturated heterocycles. The molecule has 1 rings (SSSR count). The molecule has 5 heteroatoms. The zero-order chi connectivity index (χ0) is 11.5. The van der Waals surface area contributed by atoms with Crippen molar-refractivity contribution in [2.45, 2.75) is 44.9 Å². The molecule has 1 amide bonds. The summed E-state index contributed by atoms with van der Waals surface area (Å²) in [5.74, 6) is 1.95. The molecule has 0 bridgehead atoms. The van der Waals surface area contributed by atoms with Gasteiger partial charge in [0.15, 0.2) is 0 Å². The average molecular weight is 232 g/mol. The van der Waals surface area contributed by atoms with E-state index in [0.717, 1.165) is 17.9 Å². The third-order valence-electron chi connectivity index (χ3n) is 2.11. The number of alkyl carbamates (subject to hydrolysis) is 1. The minimum Gasteiger partial charge on any atom is -0.444 e. The van der Waals surface area contributed by atoms with Crippen LogP contribution in [-0.2, 0) is 4.74 Å². The number of nitrogens with one attached hydrogen (secondary N) is 1. The molecule has 0 aromatic heterocycles. The quantitative estimate of drug-likeness (QED) is 0.716. The maximum absolute atomic E-state index is 11.5. The lowest BCUT2D eigenvalue weighted by Gasteiger charge is -2.30. The van der Waals surface area contributed by atoms with Crippen molar-refractivity contribution in [1.82, 2.24) is 5.32 Å². The molecule has 2 atom stereocenters. The van der Waals surface area contributed by atoms with Gasteiger partial charge in [0.05, 0.1) is 6.04 Å². The topological polar surface area (TPSA) is 64.3 Å². The van der Waals surface area contributed by atoms with Crippen LogP contribution in [0.4, 0.5) is 4.79 Å². The van der Waals surface area contributed by atoms with E-state index < -0.39 is 5.60 Å². The van der Waals surface area contributed by atoms with Gasteiger partial charge in [-0.25, -0.2) is 4.79 Å². The van der Waals surface area contributed by atoms with Crippen LogP contribution in [0.2, 0.25) is 0 Å². The molecule has 0 unspecified atom stereocenters. The highest BCUT2D eigenvalue weighted by Crippen LogP contribution is 2.17. The molecule has 1 heterocycles. The predicted molar refractivity (Wildman–Crippen MR) is 63.1 cm³/mol. The lowest BCUT2D eigenvalue weighted by molar-refractivity contribution is 0.0502. The van der Waals surface area contributed by atoms with Crippen molar-refractivity contribution in [2.24, 2.45) is 5.73 Å². The standard InChI is InChI=1S/C10H20N2O2S/c1-10(2,3)14-9(13)12-8-6-15-5-4-7(8)11/h7-8H,4-6,11H2,1-3H3,(H,12,13)/t7-,8+/m0/s1. The van der Waals surface area contributed by atoms with Gasteiger partial charge in [0.25, 0.3) is 0 Å². The van der Waals surface area contributed by atoms with Gasteiger partial charge in [-0.3, -0.25) is 0 Å². The minimum atomic E-state index is -0.448. The Balaban J connectivity index is 2.36. The van der Waals surface area contributed by atoms with E-state index in [9.17, 15) is 4.79 Å². The third kappa shape index (κ3) is 4.75. The molecule has 1 aliphatic rings. The van der Waals surface area contributed by atoms with Crippen LogP contribution in [0.15, 0.2) is 0 Å². The highest BCUT2D eigenvalue weighted by molar-refractivity contribution is 7.99. The Labute approximate surface area is 95.3 Å². The van der Waals surface area contributed by atoms with Gasteiger partial charge >= 0.3 is 6.09 Å². The Morgan fingerprint density at radius 3 is 2.73 bits per heavy atom. The summed E-state index contributed by atoms with van der Waals surface area (Å²) >= 11 is 1.82. The summed E-state index contributed by atoms with van der Waals surface area (Å²) in [6.45, 7) is 5.55. The predicted octanol–water partition coefficient (Wildman–Crippen LogP) is 1.34. The minimum absolute atomic E-state index is 0.0404. The number of carbonyl (C=O) groups excluding carboxylic acids is 1. The van der Waals surface area contributed by atoms with Crippen LogP contribution in [0.25, 0.3) is 0 Å². The maximum atomic E-state index is 11.5. The fraction of sp³-hybridized carbons (Fsp3) is 0.900. The maximum Gasteiger partial charge on any atom is 0.407 e. The SMILES string of the molecule is CC(C)(C)OC(=O)N[C@@H]1CSCC[C@@H]1N. The molecule has 0 aliphatic carbocycles. The van der Waals surface area contributed by atoms with Crippen LogP contribution in [0.5, 0.6) is 0 Å². The Morgan fingerprint density at radius 2 is 2.20 bits per heavy atom. The van der Waals surface area contributed by atoms with Crippen LogP contribution < -0.4 is 11.1 Å². The van der Waals surface area contributed by atoms with Gasteiger partial charge in [0.1, 0.15) is 5.60 Å². The normalized spacial score (nSPS) is 27.2. The van der Waals surface area contributed by atoms with E-state index in [1.54, 1.807) is 0 Å². The van der Waals surface area contributed by atoms with Crippen LogP contribution in [0, 0.1) is 0 Å². The molecule has 0 aromatic carbocycles. The summed E-state index contributed by atoms with van der Waals surface area (Å²) in [4.78, 5) is 11.5. The second-order valence-electron chi connectivity index (χ2n) is 4.78. The first-order chi connectivity index (χ1) is 6.88. The monoisotopic (exact) mass is 232 g/mol. The number of carbonyl (C=O) groups is 1. The Morgan fingerprint density at radius 1 is 1.53 bits per heavy atom. The fourth-order valence-electron chi connectivity index (χ4n) is 1.36. The molecule has 0 saturated carbocycles. The van der Waals surface area contributed by atoms with Gasteiger partial charge < -0.3 is 15.8 Å². The van der Waals surface area contributed by atoms with Crippen LogP contribution in [-0.4, -0.2) is 35.3 Å². The molecule has 15 heavy (non-hydrogen) atoms. The first-order valence-electron chi connectivity index (χ1n) is 5.21. The largest absolute Gasteiger partial charge is 0.444 e. The van der Waals surface area contributed by atoms with Crippen LogP contribution in [0.1, 0.15) is 27.2 Å². The molecule has 1 fully saturated rings. The van der Waals surface area contributed by atoms with Gasteiger partial charge in [-0.15, -0.1) is 0 Å². The molecular weight excluding hydrogens is 212 g/mol. The number of hydrogen-bond donors (Lipinski definition) is 2. The van der Waals surface area contributed by atoms with E-state index in [1.165, 1.54) is 0 Å². The first kappa shape index (κ1) is 12.6. The van der Waals surface area contributed by atoms with Gasteiger partial charge in [0.2, 0.25) is 0 Å². The molecule has 3 N–H and O–H groups in total. The fourth-order valence-corrected chi connectivity index (χ4v) is 2.55. The molecule has 88 valence electrons. The van der Waals surface area contributed by atoms with Crippen molar-refractivity contribution in [1.29, 1.82) is 0 Å². The van der Waals surface area contributed by atoms with E-state index in [4.69, 9.17) is 10.5 Å². The molecule has 1 aliphatic heterocycles. The number of ether oxygens (including phenoxy) is 1. The van der Waals surface area contributed by atoms with Gasteiger partial charge in [0, 0.05) is 11.8 Å². The summed E-state index contributed by atoms with van der Waals surface area (Å²) in [7, 11) is 0. The van der Waals surface area contributed by atoms with Crippen molar-refractivity contribution in [2.75, 3.05) is 11.5 Å². The third-order valence-corrected chi connectivity index (χ3v) is 3.23. The smallest absolute Gasteiger partial charge is 0.407 e. The van der Waals surface area contributed by atoms with Crippen molar-refractivity contribution < 1.29 is 9.53 Å². The van der Waals surface area contributed by atoms with Crippen LogP contribution in [0.3, 0.4) is 0 Å². The highest BCUT2D eigenvalue weighted by atomic mass is 32.2. The van der Waals surface area contributed by atoms with E-state index in [2.05, 4.69) is 5.32 Å². The van der Waals surface area contributed by atoms with Crippen LogP contribution >= 0.6 is 11.8 Å². The summed E-state index contributed by atoms with van der Waals surface area (Å²) in [5.41, 5.74) is 5.46. The number of amides is 1. The summed E-state index contributed by atoms with van der Waals surface area (Å²) in [6, 6.07) is 0.0948. The summed E-state index contributed by atoms with van der Waals surface area (Å²) in [5, 5.41) is 2.82. The Bertz CT molecular complexity index is 228. The van der Waals surface area contributed by atoms with Crippen molar-refractivity contribution in [3.63, 3.8) is 0 Å². The van der Waals surface area contributed by atoms with Gasteiger partial charge in [-0.05, 0) is 32.9 Å². The number of hydrogen-bond acceptors (Lipinski definition) is 4. The zero-order valence-corrected chi connectivity index (χ0v) is 10.4. The van der Waals surface area contributed by atoms with Gasteiger partial charge in [-0.2, -0.15) is 11.8 Å². The number of rotatable bonds is 1. The summed E-state index contributed by atoms with van der Waals surface area (Å²) in [6.07, 6.45) is 0.580. The zero-order valence-electron chi connectivity index (χ0n) is 9.58. The van der Waals surface area contributed by atoms with E-state index in [-0.39, 0.29) is 18.2 Å². The number of thioether (sulfide) groups is 1. The van der Waals surface area contributed by atoms with E-state index in [0.29, 0.717) is 0 Å². The lowest BCUT2D eigenvalue weighted by Crippen LogP contribution is -2.52. The first-order valence-corrected chi connectivity index (χ1v) is 6.37. The molecule has 0 radical (unpaired) electrons. The second-order valence-corrected chi connectivity index (χ2v) is 5.93. The van der Waals surface area contributed by atoms with Gasteiger partial charge in [-0.1, -0.05) is 0 Å². The summed E-state index contributed by atoms with van der Waals surface area (Å²) < 4.78 is 5.17. The van der Waals surface area contributed by atoms with Crippen molar-refractivity contribution >= 4 is 17.9 Å². The molecule has 0 spiro atoms. The van der Waals surface area contributed by atoms with E-state index >= 15 is 0 Å². The average Bonchev–Trinajstić information content (AvgIpc) is 2.05. The number of nitrogens with two attached hydrogens (primary N) is 1.